The number of rotatable bonds is 3. The van der Waals surface area contributed by atoms with E-state index in [1.165, 1.54) is 18.5 Å². The fourth-order valence-corrected chi connectivity index (χ4v) is 5.09. The predicted octanol–water partition coefficient (Wildman–Crippen LogP) is 3.96. The van der Waals surface area contributed by atoms with Crippen LogP contribution in [-0.4, -0.2) is 61.3 Å². The maximum atomic E-state index is 13.0. The highest BCUT2D eigenvalue weighted by molar-refractivity contribution is 5.94. The van der Waals surface area contributed by atoms with Crippen molar-refractivity contribution in [1.82, 2.24) is 9.80 Å². The lowest BCUT2D eigenvalue weighted by Gasteiger charge is -2.41. The lowest BCUT2D eigenvalue weighted by molar-refractivity contribution is -0.0615. The van der Waals surface area contributed by atoms with Crippen LogP contribution in [0.2, 0.25) is 0 Å². The molecule has 0 saturated carbocycles. The highest BCUT2D eigenvalue weighted by Gasteiger charge is 2.44. The number of likely N-dealkylation sites (tertiary alicyclic amines) is 2. The highest BCUT2D eigenvalue weighted by Crippen LogP contribution is 2.41. The van der Waals surface area contributed by atoms with Crippen molar-refractivity contribution in [2.24, 2.45) is 5.41 Å². The van der Waals surface area contributed by atoms with Gasteiger partial charge in [0.05, 0.1) is 30.6 Å². The number of anilines is 2. The zero-order valence-corrected chi connectivity index (χ0v) is 18.3. The molecule has 0 bridgehead atoms. The minimum atomic E-state index is -0.0511. The summed E-state index contributed by atoms with van der Waals surface area (Å²) < 4.78 is 5.37. The molecule has 2 aromatic carbocycles. The molecule has 2 aromatic rings. The van der Waals surface area contributed by atoms with Crippen LogP contribution in [0.15, 0.2) is 42.5 Å². The summed E-state index contributed by atoms with van der Waals surface area (Å²) in [5.74, 6) is 0. The van der Waals surface area contributed by atoms with Gasteiger partial charge in [-0.2, -0.15) is 0 Å². The summed E-state index contributed by atoms with van der Waals surface area (Å²) in [6.45, 7) is 7.77. The largest absolute Gasteiger partial charge is 0.397 e. The van der Waals surface area contributed by atoms with Gasteiger partial charge in [0.15, 0.2) is 0 Å². The van der Waals surface area contributed by atoms with Gasteiger partial charge < -0.3 is 20.7 Å². The molecule has 31 heavy (non-hydrogen) atoms. The molecule has 3 aliphatic heterocycles. The van der Waals surface area contributed by atoms with Crippen molar-refractivity contribution in [3.05, 3.63) is 48.0 Å². The summed E-state index contributed by atoms with van der Waals surface area (Å²) in [5, 5.41) is 3.06. The Hall–Kier alpha value is -2.57. The van der Waals surface area contributed by atoms with E-state index in [0.29, 0.717) is 22.8 Å². The fraction of sp³-hybridized carbons (Fsp3) is 0.480. The number of aryl methyl sites for hydroxylation is 1. The fourth-order valence-electron chi connectivity index (χ4n) is 5.09. The Labute approximate surface area is 184 Å². The van der Waals surface area contributed by atoms with Crippen molar-refractivity contribution in [3.63, 3.8) is 0 Å². The van der Waals surface area contributed by atoms with Gasteiger partial charge in [-0.3, -0.25) is 4.90 Å². The molecule has 164 valence electrons. The molecule has 6 heteroatoms. The maximum Gasteiger partial charge on any atom is 0.321 e. The van der Waals surface area contributed by atoms with E-state index in [4.69, 9.17) is 10.5 Å². The molecular weight excluding hydrogens is 388 g/mol. The first kappa shape index (κ1) is 20.3. The molecule has 3 N–H and O–H groups in total. The van der Waals surface area contributed by atoms with Crippen LogP contribution in [0.3, 0.4) is 0 Å². The van der Waals surface area contributed by atoms with Crippen molar-refractivity contribution in [3.8, 4) is 11.1 Å². The van der Waals surface area contributed by atoms with Gasteiger partial charge in [-0.25, -0.2) is 4.79 Å². The lowest BCUT2D eigenvalue weighted by Crippen LogP contribution is -2.50. The Morgan fingerprint density at radius 3 is 2.39 bits per heavy atom. The Balaban J connectivity index is 1.21. The molecule has 2 amide bonds. The van der Waals surface area contributed by atoms with Crippen molar-refractivity contribution >= 4 is 17.4 Å². The second kappa shape index (κ2) is 8.17. The normalized spacial score (nSPS) is 21.3. The van der Waals surface area contributed by atoms with Crippen LogP contribution >= 0.6 is 0 Å². The van der Waals surface area contributed by atoms with Crippen LogP contribution in [0.4, 0.5) is 16.2 Å². The molecule has 3 heterocycles. The van der Waals surface area contributed by atoms with E-state index in [0.717, 1.165) is 56.8 Å². The Kier molecular flexibility index (Phi) is 5.36. The SMILES string of the molecule is Cc1ccc(-c2ccc(N)c(NC(=O)N3CCC4(CC3)CCN(C3COC3)C4)c2)cc1. The number of carbonyl (C=O) groups excluding carboxylic acids is 1. The third-order valence-electron chi connectivity index (χ3n) is 7.40. The molecule has 5 rings (SSSR count). The average molecular weight is 421 g/mol. The molecule has 0 atom stereocenters. The minimum Gasteiger partial charge on any atom is -0.397 e. The van der Waals surface area contributed by atoms with Crippen LogP contribution in [0.25, 0.3) is 11.1 Å². The third kappa shape index (κ3) is 4.14. The second-order valence-corrected chi connectivity index (χ2v) is 9.50. The summed E-state index contributed by atoms with van der Waals surface area (Å²) in [6, 6.07) is 14.8. The van der Waals surface area contributed by atoms with Crippen LogP contribution in [0.1, 0.15) is 24.8 Å². The molecule has 0 aromatic heterocycles. The number of amides is 2. The molecule has 0 unspecified atom stereocenters. The highest BCUT2D eigenvalue weighted by atomic mass is 16.5. The van der Waals surface area contributed by atoms with E-state index in [1.54, 1.807) is 0 Å². The molecule has 6 nitrogen and oxygen atoms in total. The van der Waals surface area contributed by atoms with Crippen LogP contribution in [0, 0.1) is 12.3 Å². The topological polar surface area (TPSA) is 70.8 Å². The second-order valence-electron chi connectivity index (χ2n) is 9.50. The van der Waals surface area contributed by atoms with Crippen molar-refractivity contribution < 1.29 is 9.53 Å². The molecule has 3 saturated heterocycles. The number of ether oxygens (including phenoxy) is 1. The zero-order valence-electron chi connectivity index (χ0n) is 18.3. The summed E-state index contributed by atoms with van der Waals surface area (Å²) in [4.78, 5) is 17.5. The molecule has 1 spiro atoms. The van der Waals surface area contributed by atoms with E-state index in [9.17, 15) is 4.79 Å². The lowest BCUT2D eigenvalue weighted by atomic mass is 9.78. The standard InChI is InChI=1S/C25H32N4O2/c1-18-2-4-19(5-3-18)20-6-7-22(26)23(14-20)27-24(30)28-11-8-25(9-12-28)10-13-29(17-25)21-15-31-16-21/h2-7,14,21H,8-13,15-17,26H2,1H3,(H,27,30). The van der Waals surface area contributed by atoms with E-state index in [2.05, 4.69) is 41.4 Å². The number of nitrogens with two attached hydrogens (primary N) is 1. The van der Waals surface area contributed by atoms with Crippen molar-refractivity contribution in [2.75, 3.05) is 50.4 Å². The smallest absolute Gasteiger partial charge is 0.321 e. The first-order valence-electron chi connectivity index (χ1n) is 11.4. The summed E-state index contributed by atoms with van der Waals surface area (Å²) in [5.41, 5.74) is 11.2. The van der Waals surface area contributed by atoms with Crippen LogP contribution in [0.5, 0.6) is 0 Å². The summed E-state index contributed by atoms with van der Waals surface area (Å²) in [6.07, 6.45) is 3.39. The molecule has 3 aliphatic rings. The van der Waals surface area contributed by atoms with Crippen LogP contribution < -0.4 is 11.1 Å². The zero-order chi connectivity index (χ0) is 21.4. The first-order valence-corrected chi connectivity index (χ1v) is 11.4. The van der Waals surface area contributed by atoms with Gasteiger partial charge in [-0.05, 0) is 61.4 Å². The van der Waals surface area contributed by atoms with E-state index in [1.807, 2.05) is 23.1 Å². The maximum absolute atomic E-state index is 13.0. The summed E-state index contributed by atoms with van der Waals surface area (Å²) in [7, 11) is 0. The number of hydrogen-bond acceptors (Lipinski definition) is 4. The summed E-state index contributed by atoms with van der Waals surface area (Å²) >= 11 is 0. The number of nitrogen functional groups attached to an aromatic ring is 1. The number of piperidine rings is 1. The molecule has 0 aliphatic carbocycles. The average Bonchev–Trinajstić information content (AvgIpc) is 3.12. The Morgan fingerprint density at radius 1 is 1.03 bits per heavy atom. The van der Waals surface area contributed by atoms with Gasteiger partial charge in [0.2, 0.25) is 0 Å². The minimum absolute atomic E-state index is 0.0511. The van der Waals surface area contributed by atoms with Crippen molar-refractivity contribution in [2.45, 2.75) is 32.2 Å². The Morgan fingerprint density at radius 2 is 1.71 bits per heavy atom. The number of nitrogens with zero attached hydrogens (tertiary/aromatic N) is 2. The molecule has 0 radical (unpaired) electrons. The van der Waals surface area contributed by atoms with Gasteiger partial charge in [0, 0.05) is 19.6 Å². The monoisotopic (exact) mass is 420 g/mol. The van der Waals surface area contributed by atoms with Crippen molar-refractivity contribution in [1.29, 1.82) is 0 Å². The molecular formula is C25H32N4O2. The van der Waals surface area contributed by atoms with Gasteiger partial charge in [0.1, 0.15) is 0 Å². The number of urea groups is 1. The first-order chi connectivity index (χ1) is 15.0. The van der Waals surface area contributed by atoms with Crippen LogP contribution in [-0.2, 0) is 4.74 Å². The number of hydrogen-bond donors (Lipinski definition) is 2. The van der Waals surface area contributed by atoms with Gasteiger partial charge in [0.25, 0.3) is 0 Å². The third-order valence-corrected chi connectivity index (χ3v) is 7.40. The quantitative estimate of drug-likeness (QED) is 0.738. The number of benzene rings is 2. The van der Waals surface area contributed by atoms with E-state index >= 15 is 0 Å². The van der Waals surface area contributed by atoms with E-state index in [-0.39, 0.29) is 6.03 Å². The van der Waals surface area contributed by atoms with Gasteiger partial charge >= 0.3 is 6.03 Å². The Bertz CT molecular complexity index is 946. The number of carbonyl (C=O) groups is 1. The van der Waals surface area contributed by atoms with Gasteiger partial charge in [-0.15, -0.1) is 0 Å². The molecule has 3 fully saturated rings. The number of nitrogens with one attached hydrogen (secondary N) is 1. The van der Waals surface area contributed by atoms with E-state index < -0.39 is 0 Å². The predicted molar refractivity (Wildman–Crippen MR) is 124 cm³/mol. The van der Waals surface area contributed by atoms with Gasteiger partial charge in [-0.1, -0.05) is 35.9 Å².